The van der Waals surface area contributed by atoms with Crippen LogP contribution >= 0.6 is 0 Å². The highest BCUT2D eigenvalue weighted by atomic mass is 16.5. The number of ether oxygens (including phenoxy) is 1. The zero-order valence-corrected chi connectivity index (χ0v) is 10.3. The van der Waals surface area contributed by atoms with Gasteiger partial charge in [-0.15, -0.1) is 0 Å². The van der Waals surface area contributed by atoms with Crippen LogP contribution in [0.1, 0.15) is 25.7 Å². The van der Waals surface area contributed by atoms with Gasteiger partial charge < -0.3 is 4.74 Å². The molecule has 2 aromatic rings. The highest BCUT2D eigenvalue weighted by Crippen LogP contribution is 2.19. The molecule has 0 fully saturated rings. The van der Waals surface area contributed by atoms with Crippen LogP contribution in [0.25, 0.3) is 10.9 Å². The van der Waals surface area contributed by atoms with Crippen LogP contribution in [0.4, 0.5) is 0 Å². The second-order valence-electron chi connectivity index (χ2n) is 4.16. The number of unbranched alkanes of at least 4 members (excludes halogenated alkanes) is 3. The van der Waals surface area contributed by atoms with Crippen molar-refractivity contribution in [1.82, 2.24) is 4.98 Å². The summed E-state index contributed by atoms with van der Waals surface area (Å²) in [5, 5.41) is 1.09. The molecule has 1 heterocycles. The molecule has 0 bridgehead atoms. The molecule has 0 aliphatic rings. The third-order valence-corrected chi connectivity index (χ3v) is 2.77. The van der Waals surface area contributed by atoms with Gasteiger partial charge >= 0.3 is 0 Å². The average Bonchev–Trinajstić information content (AvgIpc) is 2.42. The van der Waals surface area contributed by atoms with E-state index in [2.05, 4.69) is 4.98 Å². The van der Waals surface area contributed by atoms with E-state index in [1.807, 2.05) is 36.6 Å². The molecule has 0 spiro atoms. The van der Waals surface area contributed by atoms with E-state index in [9.17, 15) is 4.79 Å². The molecule has 93 valence electrons. The van der Waals surface area contributed by atoms with Crippen molar-refractivity contribution in [3.05, 3.63) is 36.5 Å². The van der Waals surface area contributed by atoms with Crippen molar-refractivity contribution in [3.63, 3.8) is 0 Å². The molecule has 0 saturated heterocycles. The first-order valence-corrected chi connectivity index (χ1v) is 6.23. The van der Waals surface area contributed by atoms with Gasteiger partial charge in [0.1, 0.15) is 5.75 Å². The first kappa shape index (κ1) is 12.6. The summed E-state index contributed by atoms with van der Waals surface area (Å²) in [4.78, 5) is 14.3. The first-order valence-electron chi connectivity index (χ1n) is 6.23. The summed E-state index contributed by atoms with van der Waals surface area (Å²) in [5.41, 5.74) is 0.978. The Morgan fingerprint density at radius 2 is 2.11 bits per heavy atom. The maximum absolute atomic E-state index is 10.0. The Labute approximate surface area is 107 Å². The largest absolute Gasteiger partial charge is 0.494 e. The molecule has 0 amide bonds. The van der Waals surface area contributed by atoms with Crippen LogP contribution in [0.2, 0.25) is 0 Å². The van der Waals surface area contributed by atoms with E-state index in [4.69, 9.17) is 4.74 Å². The lowest BCUT2D eigenvalue weighted by atomic mass is 10.2. The smallest absolute Gasteiger partial charge is 0.198 e. The number of aromatic nitrogens is 1. The summed E-state index contributed by atoms with van der Waals surface area (Å²) < 4.78 is 5.67. The zero-order chi connectivity index (χ0) is 12.6. The standard InChI is InChI=1S/C15H16NO2/c17-10-3-1-2-4-11-18-14-7-8-15-13(12-14)6-5-9-16-15/h5-9,12H,1-4,11H2. The Balaban J connectivity index is 1.82. The number of carbonyl (C=O) groups excluding carboxylic acids is 1. The van der Waals surface area contributed by atoms with Crippen LogP contribution in [0.3, 0.4) is 0 Å². The molecule has 1 aromatic carbocycles. The number of nitrogens with zero attached hydrogens (tertiary/aromatic N) is 1. The van der Waals surface area contributed by atoms with E-state index in [-0.39, 0.29) is 0 Å². The van der Waals surface area contributed by atoms with Crippen molar-refractivity contribution in [2.24, 2.45) is 0 Å². The Morgan fingerprint density at radius 1 is 1.17 bits per heavy atom. The molecule has 1 radical (unpaired) electrons. The second-order valence-corrected chi connectivity index (χ2v) is 4.16. The van der Waals surface area contributed by atoms with Crippen LogP contribution in [-0.4, -0.2) is 17.9 Å². The lowest BCUT2D eigenvalue weighted by molar-refractivity contribution is 0.306. The number of benzene rings is 1. The maximum Gasteiger partial charge on any atom is 0.198 e. The molecule has 0 saturated carbocycles. The summed E-state index contributed by atoms with van der Waals surface area (Å²) in [6.45, 7) is 0.685. The van der Waals surface area contributed by atoms with E-state index in [1.165, 1.54) is 0 Å². The van der Waals surface area contributed by atoms with Crippen LogP contribution in [0, 0.1) is 0 Å². The number of rotatable bonds is 7. The van der Waals surface area contributed by atoms with Crippen molar-refractivity contribution in [1.29, 1.82) is 0 Å². The van der Waals surface area contributed by atoms with Crippen molar-refractivity contribution >= 4 is 17.2 Å². The Bertz CT molecular complexity index is 511. The third kappa shape index (κ3) is 3.55. The van der Waals surface area contributed by atoms with E-state index in [0.717, 1.165) is 35.9 Å². The Kier molecular flexibility index (Phi) is 4.70. The summed E-state index contributed by atoms with van der Waals surface area (Å²) in [7, 11) is 0. The van der Waals surface area contributed by atoms with Gasteiger partial charge in [0.15, 0.2) is 6.29 Å². The molecule has 0 aliphatic carbocycles. The number of hydrogen-bond acceptors (Lipinski definition) is 3. The summed E-state index contributed by atoms with van der Waals surface area (Å²) in [5.74, 6) is 0.873. The van der Waals surface area contributed by atoms with Crippen molar-refractivity contribution in [3.8, 4) is 5.75 Å². The topological polar surface area (TPSA) is 39.2 Å². The van der Waals surface area contributed by atoms with Crippen molar-refractivity contribution in [2.75, 3.05) is 6.61 Å². The highest BCUT2D eigenvalue weighted by molar-refractivity contribution is 5.79. The lowest BCUT2D eigenvalue weighted by Gasteiger charge is -2.06. The fourth-order valence-corrected chi connectivity index (χ4v) is 1.81. The minimum absolute atomic E-state index is 0.529. The lowest BCUT2D eigenvalue weighted by Crippen LogP contribution is -1.97. The number of fused-ring (bicyclic) bond motifs is 1. The molecule has 0 atom stereocenters. The van der Waals surface area contributed by atoms with E-state index < -0.39 is 0 Å². The first-order chi connectivity index (χ1) is 8.90. The Morgan fingerprint density at radius 3 is 3.00 bits per heavy atom. The molecule has 3 heteroatoms. The molecule has 3 nitrogen and oxygen atoms in total. The van der Waals surface area contributed by atoms with Crippen LogP contribution < -0.4 is 4.74 Å². The molecule has 2 rings (SSSR count). The number of pyridine rings is 1. The SMILES string of the molecule is O=[C]CCCCCOc1ccc2ncccc2c1. The number of hydrogen-bond donors (Lipinski definition) is 0. The van der Waals surface area contributed by atoms with Crippen molar-refractivity contribution < 1.29 is 9.53 Å². The van der Waals surface area contributed by atoms with Gasteiger partial charge in [-0.05, 0) is 43.5 Å². The molecular weight excluding hydrogens is 226 g/mol. The predicted octanol–water partition coefficient (Wildman–Crippen LogP) is 3.28. The summed E-state index contributed by atoms with van der Waals surface area (Å²) >= 11 is 0. The van der Waals surface area contributed by atoms with Gasteiger partial charge in [0.25, 0.3) is 0 Å². The van der Waals surface area contributed by atoms with Gasteiger partial charge in [0, 0.05) is 18.0 Å². The molecular formula is C15H16NO2. The summed E-state index contributed by atoms with van der Waals surface area (Å²) in [6.07, 6.45) is 7.08. The zero-order valence-electron chi connectivity index (χ0n) is 10.3. The summed E-state index contributed by atoms with van der Waals surface area (Å²) in [6, 6.07) is 9.85. The monoisotopic (exact) mass is 242 g/mol. The molecule has 0 unspecified atom stereocenters. The highest BCUT2D eigenvalue weighted by Gasteiger charge is 1.97. The van der Waals surface area contributed by atoms with E-state index in [0.29, 0.717) is 13.0 Å². The fraction of sp³-hybridized carbons (Fsp3) is 0.333. The molecule has 18 heavy (non-hydrogen) atoms. The average molecular weight is 242 g/mol. The van der Waals surface area contributed by atoms with Gasteiger partial charge in [-0.2, -0.15) is 0 Å². The molecule has 1 aromatic heterocycles. The minimum Gasteiger partial charge on any atom is -0.494 e. The van der Waals surface area contributed by atoms with Gasteiger partial charge in [-0.1, -0.05) is 6.07 Å². The van der Waals surface area contributed by atoms with Gasteiger partial charge in [-0.25, -0.2) is 0 Å². The van der Waals surface area contributed by atoms with Gasteiger partial charge in [-0.3, -0.25) is 9.78 Å². The second kappa shape index (κ2) is 6.74. The molecule has 0 N–H and O–H groups in total. The van der Waals surface area contributed by atoms with E-state index in [1.54, 1.807) is 6.20 Å². The van der Waals surface area contributed by atoms with Crippen molar-refractivity contribution in [2.45, 2.75) is 25.7 Å². The van der Waals surface area contributed by atoms with Crippen LogP contribution in [0.15, 0.2) is 36.5 Å². The van der Waals surface area contributed by atoms with Gasteiger partial charge in [0.2, 0.25) is 0 Å². The van der Waals surface area contributed by atoms with E-state index >= 15 is 0 Å². The fourth-order valence-electron chi connectivity index (χ4n) is 1.81. The maximum atomic E-state index is 10.0. The Hall–Kier alpha value is -1.90. The van der Waals surface area contributed by atoms with Gasteiger partial charge in [0.05, 0.1) is 12.1 Å². The van der Waals surface area contributed by atoms with Crippen LogP contribution in [-0.2, 0) is 4.79 Å². The third-order valence-electron chi connectivity index (χ3n) is 2.77. The molecule has 0 aliphatic heterocycles. The minimum atomic E-state index is 0.529. The van der Waals surface area contributed by atoms with Crippen LogP contribution in [0.5, 0.6) is 5.75 Å². The quantitative estimate of drug-likeness (QED) is 0.699. The normalized spacial score (nSPS) is 10.4. The predicted molar refractivity (Wildman–Crippen MR) is 71.4 cm³/mol.